The Balaban J connectivity index is 2.58. The Morgan fingerprint density at radius 2 is 2.20 bits per heavy atom. The van der Waals surface area contributed by atoms with Crippen LogP contribution in [0.5, 0.6) is 0 Å². The van der Waals surface area contributed by atoms with Crippen molar-refractivity contribution < 1.29 is 8.81 Å². The maximum Gasteiger partial charge on any atom is 0.279 e. The van der Waals surface area contributed by atoms with Crippen LogP contribution < -0.4 is 5.32 Å². The van der Waals surface area contributed by atoms with Crippen molar-refractivity contribution in [3.63, 3.8) is 0 Å². The van der Waals surface area contributed by atoms with E-state index >= 15 is 0 Å². The molecule has 2 nitrogen and oxygen atoms in total. The van der Waals surface area contributed by atoms with Gasteiger partial charge in [0.15, 0.2) is 5.88 Å². The number of furan rings is 1. The SMILES string of the molecule is CC(C)Nc1ccc(F)o1. The quantitative estimate of drug-likeness (QED) is 0.686. The molecule has 0 aromatic carbocycles. The van der Waals surface area contributed by atoms with E-state index in [0.717, 1.165) is 0 Å². The summed E-state index contributed by atoms with van der Waals surface area (Å²) in [5.41, 5.74) is 0. The van der Waals surface area contributed by atoms with Crippen LogP contribution in [0.1, 0.15) is 13.8 Å². The van der Waals surface area contributed by atoms with Crippen molar-refractivity contribution in [3.05, 3.63) is 18.1 Å². The summed E-state index contributed by atoms with van der Waals surface area (Å²) in [5, 5.41) is 2.92. The molecule has 1 aromatic rings. The third-order valence-electron chi connectivity index (χ3n) is 1.00. The Kier molecular flexibility index (Phi) is 1.94. The molecule has 0 unspecified atom stereocenters. The molecule has 3 heteroatoms. The van der Waals surface area contributed by atoms with Gasteiger partial charge in [-0.05, 0) is 13.8 Å². The average Bonchev–Trinajstić information content (AvgIpc) is 2.13. The minimum atomic E-state index is -0.553. The van der Waals surface area contributed by atoms with Crippen LogP contribution in [0.4, 0.5) is 10.3 Å². The highest BCUT2D eigenvalue weighted by molar-refractivity contribution is 5.30. The predicted octanol–water partition coefficient (Wildman–Crippen LogP) is 2.24. The molecule has 1 heterocycles. The molecule has 0 radical (unpaired) electrons. The molecule has 0 saturated heterocycles. The van der Waals surface area contributed by atoms with E-state index in [2.05, 4.69) is 9.73 Å². The fourth-order valence-electron chi connectivity index (χ4n) is 0.676. The lowest BCUT2D eigenvalue weighted by atomic mass is 10.4. The van der Waals surface area contributed by atoms with Gasteiger partial charge in [-0.3, -0.25) is 0 Å². The van der Waals surface area contributed by atoms with Crippen molar-refractivity contribution >= 4 is 5.88 Å². The molecule has 0 saturated carbocycles. The lowest BCUT2D eigenvalue weighted by Gasteiger charge is -2.03. The largest absolute Gasteiger partial charge is 0.415 e. The Morgan fingerprint density at radius 1 is 1.50 bits per heavy atom. The molecule has 0 spiro atoms. The topological polar surface area (TPSA) is 25.2 Å². The monoisotopic (exact) mass is 143 g/mol. The zero-order valence-electron chi connectivity index (χ0n) is 6.02. The highest BCUT2D eigenvalue weighted by Crippen LogP contribution is 2.11. The van der Waals surface area contributed by atoms with E-state index in [1.165, 1.54) is 6.07 Å². The first-order valence-electron chi connectivity index (χ1n) is 3.20. The van der Waals surface area contributed by atoms with E-state index in [1.54, 1.807) is 6.07 Å². The first-order valence-corrected chi connectivity index (χ1v) is 3.20. The van der Waals surface area contributed by atoms with Gasteiger partial charge in [0.05, 0.1) is 0 Å². The molecule has 1 rings (SSSR count). The van der Waals surface area contributed by atoms with Gasteiger partial charge in [-0.1, -0.05) is 0 Å². The van der Waals surface area contributed by atoms with Gasteiger partial charge in [0.1, 0.15) is 0 Å². The molecule has 0 amide bonds. The van der Waals surface area contributed by atoms with Gasteiger partial charge >= 0.3 is 0 Å². The highest BCUT2D eigenvalue weighted by atomic mass is 19.1. The summed E-state index contributed by atoms with van der Waals surface area (Å²) in [6.07, 6.45) is 0. The summed E-state index contributed by atoms with van der Waals surface area (Å²) >= 11 is 0. The molecule has 0 bridgehead atoms. The van der Waals surface area contributed by atoms with Crippen LogP contribution in [0.15, 0.2) is 16.5 Å². The van der Waals surface area contributed by atoms with Crippen molar-refractivity contribution in [3.8, 4) is 0 Å². The summed E-state index contributed by atoms with van der Waals surface area (Å²) < 4.78 is 16.8. The van der Waals surface area contributed by atoms with Crippen molar-refractivity contribution in [2.75, 3.05) is 5.32 Å². The van der Waals surface area contributed by atoms with Crippen molar-refractivity contribution in [1.29, 1.82) is 0 Å². The normalized spacial score (nSPS) is 10.4. The first kappa shape index (κ1) is 7.12. The maximum atomic E-state index is 12.2. The summed E-state index contributed by atoms with van der Waals surface area (Å²) in [6.45, 7) is 3.92. The fraction of sp³-hybridized carbons (Fsp3) is 0.429. The molecule has 0 atom stereocenters. The minimum absolute atomic E-state index is 0.269. The fourth-order valence-corrected chi connectivity index (χ4v) is 0.676. The average molecular weight is 143 g/mol. The molecular weight excluding hydrogens is 133 g/mol. The van der Waals surface area contributed by atoms with Crippen molar-refractivity contribution in [2.45, 2.75) is 19.9 Å². The number of anilines is 1. The second-order valence-corrected chi connectivity index (χ2v) is 2.40. The van der Waals surface area contributed by atoms with E-state index in [-0.39, 0.29) is 6.04 Å². The molecule has 0 aliphatic heterocycles. The lowest BCUT2D eigenvalue weighted by Crippen LogP contribution is -2.08. The van der Waals surface area contributed by atoms with E-state index in [4.69, 9.17) is 0 Å². The van der Waals surface area contributed by atoms with Crippen LogP contribution in [-0.2, 0) is 0 Å². The standard InChI is InChI=1S/C7H10FNO/c1-5(2)9-7-4-3-6(8)10-7/h3-5,9H,1-2H3. The van der Waals surface area contributed by atoms with Gasteiger partial charge in [-0.2, -0.15) is 4.39 Å². The summed E-state index contributed by atoms with van der Waals surface area (Å²) in [7, 11) is 0. The molecule has 1 N–H and O–H groups in total. The van der Waals surface area contributed by atoms with E-state index in [1.807, 2.05) is 13.8 Å². The third kappa shape index (κ3) is 1.76. The van der Waals surface area contributed by atoms with Crippen molar-refractivity contribution in [2.24, 2.45) is 0 Å². The number of rotatable bonds is 2. The molecule has 10 heavy (non-hydrogen) atoms. The van der Waals surface area contributed by atoms with Gasteiger partial charge < -0.3 is 9.73 Å². The van der Waals surface area contributed by atoms with Crippen LogP contribution in [0.3, 0.4) is 0 Å². The Bertz CT molecular complexity index is 207. The molecule has 0 aliphatic rings. The van der Waals surface area contributed by atoms with Crippen LogP contribution in [0, 0.1) is 6.01 Å². The van der Waals surface area contributed by atoms with Gasteiger partial charge in [-0.25, -0.2) is 0 Å². The number of hydrogen-bond acceptors (Lipinski definition) is 2. The Hall–Kier alpha value is -0.990. The zero-order chi connectivity index (χ0) is 7.56. The van der Waals surface area contributed by atoms with Crippen LogP contribution in [0.25, 0.3) is 0 Å². The van der Waals surface area contributed by atoms with Gasteiger partial charge in [-0.15, -0.1) is 0 Å². The number of hydrogen-bond donors (Lipinski definition) is 1. The van der Waals surface area contributed by atoms with Gasteiger partial charge in [0, 0.05) is 18.2 Å². The van der Waals surface area contributed by atoms with Crippen LogP contribution in [-0.4, -0.2) is 6.04 Å². The minimum Gasteiger partial charge on any atom is -0.415 e. The second-order valence-electron chi connectivity index (χ2n) is 2.40. The van der Waals surface area contributed by atoms with Gasteiger partial charge in [0.2, 0.25) is 0 Å². The molecule has 1 aromatic heterocycles. The Morgan fingerprint density at radius 3 is 2.60 bits per heavy atom. The molecule has 0 fully saturated rings. The zero-order valence-corrected chi connectivity index (χ0v) is 6.02. The van der Waals surface area contributed by atoms with Crippen LogP contribution >= 0.6 is 0 Å². The van der Waals surface area contributed by atoms with Crippen molar-refractivity contribution in [1.82, 2.24) is 0 Å². The maximum absolute atomic E-state index is 12.2. The van der Waals surface area contributed by atoms with Crippen LogP contribution in [0.2, 0.25) is 0 Å². The summed E-state index contributed by atoms with van der Waals surface area (Å²) in [4.78, 5) is 0. The third-order valence-corrected chi connectivity index (χ3v) is 1.00. The number of nitrogens with one attached hydrogen (secondary N) is 1. The van der Waals surface area contributed by atoms with E-state index < -0.39 is 6.01 Å². The predicted molar refractivity (Wildman–Crippen MR) is 37.4 cm³/mol. The summed E-state index contributed by atoms with van der Waals surface area (Å²) in [5.74, 6) is 0.479. The summed E-state index contributed by atoms with van der Waals surface area (Å²) in [6, 6.07) is 2.56. The molecular formula is C7H10FNO. The molecule has 0 aliphatic carbocycles. The first-order chi connectivity index (χ1) is 4.68. The highest BCUT2D eigenvalue weighted by Gasteiger charge is 1.99. The van der Waals surface area contributed by atoms with E-state index in [9.17, 15) is 4.39 Å². The molecule has 56 valence electrons. The van der Waals surface area contributed by atoms with E-state index in [0.29, 0.717) is 5.88 Å². The lowest BCUT2D eigenvalue weighted by molar-refractivity contribution is 0.366. The van der Waals surface area contributed by atoms with Gasteiger partial charge in [0.25, 0.3) is 6.01 Å². The smallest absolute Gasteiger partial charge is 0.279 e. The second kappa shape index (κ2) is 2.73. The number of halogens is 1. The Labute approximate surface area is 59.0 Å².